The largest absolute Gasteiger partial charge is 0.494 e. The fourth-order valence-corrected chi connectivity index (χ4v) is 3.22. The van der Waals surface area contributed by atoms with Crippen molar-refractivity contribution in [2.24, 2.45) is 5.10 Å². The van der Waals surface area contributed by atoms with Crippen molar-refractivity contribution in [1.82, 2.24) is 5.43 Å². The van der Waals surface area contributed by atoms with Gasteiger partial charge in [0.1, 0.15) is 11.5 Å². The van der Waals surface area contributed by atoms with Crippen molar-refractivity contribution in [3.8, 4) is 11.5 Å². The van der Waals surface area contributed by atoms with Crippen molar-refractivity contribution in [2.45, 2.75) is 20.3 Å². The number of carbonyl (C=O) groups is 3. The van der Waals surface area contributed by atoms with E-state index in [0.717, 1.165) is 16.5 Å². The highest BCUT2D eigenvalue weighted by Gasteiger charge is 2.13. The number of benzene rings is 3. The number of nitrogens with zero attached hydrogens (tertiary/aromatic N) is 1. The van der Waals surface area contributed by atoms with Gasteiger partial charge < -0.3 is 20.1 Å². The second kappa shape index (κ2) is 13.8. The second-order valence-corrected chi connectivity index (χ2v) is 8.75. The van der Waals surface area contributed by atoms with Crippen molar-refractivity contribution in [1.29, 1.82) is 0 Å². The van der Waals surface area contributed by atoms with Crippen LogP contribution in [0.2, 0.25) is 0 Å². The Bertz CT molecular complexity index is 1260. The van der Waals surface area contributed by atoms with Gasteiger partial charge in [0.15, 0.2) is 6.61 Å². The van der Waals surface area contributed by atoms with Gasteiger partial charge in [0.05, 0.1) is 12.8 Å². The van der Waals surface area contributed by atoms with Gasteiger partial charge in [0, 0.05) is 15.8 Å². The monoisotopic (exact) mass is 566 g/mol. The first-order valence-electron chi connectivity index (χ1n) is 11.5. The van der Waals surface area contributed by atoms with Crippen LogP contribution in [-0.2, 0) is 14.4 Å². The maximum absolute atomic E-state index is 12.1. The molecule has 10 heteroatoms. The second-order valence-electron chi connectivity index (χ2n) is 7.90. The number of carbonyl (C=O) groups excluding carboxylic acids is 3. The zero-order chi connectivity index (χ0) is 26.6. The highest BCUT2D eigenvalue weighted by molar-refractivity contribution is 9.10. The Hall–Kier alpha value is -4.18. The van der Waals surface area contributed by atoms with Gasteiger partial charge in [-0.1, -0.05) is 22.9 Å². The predicted molar refractivity (Wildman–Crippen MR) is 146 cm³/mol. The zero-order valence-electron chi connectivity index (χ0n) is 20.4. The highest BCUT2D eigenvalue weighted by atomic mass is 79.9. The highest BCUT2D eigenvalue weighted by Crippen LogP contribution is 2.20. The minimum absolute atomic E-state index is 0.151. The number of hydrazone groups is 1. The minimum atomic E-state index is -0.908. The summed E-state index contributed by atoms with van der Waals surface area (Å²) in [5.41, 5.74) is 5.00. The Labute approximate surface area is 223 Å². The van der Waals surface area contributed by atoms with Gasteiger partial charge in [0.2, 0.25) is 0 Å². The first-order valence-corrected chi connectivity index (χ1v) is 12.3. The van der Waals surface area contributed by atoms with Crippen LogP contribution in [0, 0.1) is 6.92 Å². The molecule has 3 aromatic rings. The third-order valence-corrected chi connectivity index (χ3v) is 5.75. The Kier molecular flexibility index (Phi) is 10.2. The molecule has 9 nitrogen and oxygen atoms in total. The lowest BCUT2D eigenvalue weighted by molar-refractivity contribution is -0.136. The van der Waals surface area contributed by atoms with Crippen LogP contribution in [0.5, 0.6) is 11.5 Å². The van der Waals surface area contributed by atoms with Gasteiger partial charge in [-0.25, -0.2) is 5.43 Å². The minimum Gasteiger partial charge on any atom is -0.494 e. The maximum atomic E-state index is 12.1. The van der Waals surface area contributed by atoms with Crippen molar-refractivity contribution < 1.29 is 23.9 Å². The molecule has 0 spiro atoms. The molecule has 0 heterocycles. The van der Waals surface area contributed by atoms with Gasteiger partial charge >= 0.3 is 11.8 Å². The summed E-state index contributed by atoms with van der Waals surface area (Å²) < 4.78 is 12.0. The molecule has 0 saturated carbocycles. The van der Waals surface area contributed by atoms with E-state index in [2.05, 4.69) is 37.1 Å². The number of amides is 3. The Morgan fingerprint density at radius 3 is 2.19 bits per heavy atom. The zero-order valence-corrected chi connectivity index (χ0v) is 22.0. The fraction of sp³-hybridized carbons (Fsp3) is 0.185. The molecule has 0 saturated heterocycles. The lowest BCUT2D eigenvalue weighted by atomic mass is 10.2. The molecule has 0 aliphatic heterocycles. The molecule has 0 unspecified atom stereocenters. The van der Waals surface area contributed by atoms with Crippen LogP contribution in [0.15, 0.2) is 76.3 Å². The van der Waals surface area contributed by atoms with Crippen molar-refractivity contribution >= 4 is 51.2 Å². The van der Waals surface area contributed by atoms with Crippen molar-refractivity contribution in [2.75, 3.05) is 23.8 Å². The molecule has 0 bridgehead atoms. The van der Waals surface area contributed by atoms with E-state index in [9.17, 15) is 14.4 Å². The van der Waals surface area contributed by atoms with Crippen LogP contribution in [0.1, 0.15) is 24.5 Å². The fourth-order valence-electron chi connectivity index (χ4n) is 2.98. The molecule has 0 radical (unpaired) electrons. The third kappa shape index (κ3) is 9.08. The van der Waals surface area contributed by atoms with Gasteiger partial charge in [-0.2, -0.15) is 5.10 Å². The van der Waals surface area contributed by atoms with Crippen LogP contribution in [-0.4, -0.2) is 37.1 Å². The van der Waals surface area contributed by atoms with Gasteiger partial charge in [0.25, 0.3) is 5.91 Å². The van der Waals surface area contributed by atoms with E-state index < -0.39 is 11.8 Å². The van der Waals surface area contributed by atoms with E-state index in [1.807, 2.05) is 26.0 Å². The van der Waals surface area contributed by atoms with Crippen molar-refractivity contribution in [3.05, 3.63) is 82.3 Å². The number of anilines is 2. The molecule has 0 atom stereocenters. The first kappa shape index (κ1) is 27.4. The van der Waals surface area contributed by atoms with Gasteiger partial charge in [-0.3, -0.25) is 14.4 Å². The first-order chi connectivity index (χ1) is 17.8. The Morgan fingerprint density at radius 2 is 1.51 bits per heavy atom. The number of ether oxygens (including phenoxy) is 2. The molecule has 0 aromatic heterocycles. The summed E-state index contributed by atoms with van der Waals surface area (Å²) in [6, 6.07) is 19.0. The van der Waals surface area contributed by atoms with Crippen LogP contribution in [0.3, 0.4) is 0 Å². The average Bonchev–Trinajstić information content (AvgIpc) is 2.90. The quantitative estimate of drug-likeness (QED) is 0.187. The topological polar surface area (TPSA) is 118 Å². The summed E-state index contributed by atoms with van der Waals surface area (Å²) >= 11 is 3.42. The van der Waals surface area contributed by atoms with Crippen molar-refractivity contribution in [3.63, 3.8) is 0 Å². The molecule has 3 amide bonds. The van der Waals surface area contributed by atoms with E-state index in [-0.39, 0.29) is 12.5 Å². The van der Waals surface area contributed by atoms with Crippen LogP contribution in [0.4, 0.5) is 11.4 Å². The molecule has 0 aliphatic rings. The Balaban J connectivity index is 1.41. The molecule has 3 N–H and O–H groups in total. The number of rotatable bonds is 10. The number of nitrogens with one attached hydrogen (secondary N) is 3. The number of halogens is 1. The number of hydrogen-bond donors (Lipinski definition) is 3. The summed E-state index contributed by atoms with van der Waals surface area (Å²) in [7, 11) is 0. The third-order valence-electron chi connectivity index (χ3n) is 4.86. The van der Waals surface area contributed by atoms with E-state index >= 15 is 0 Å². The molecular formula is C27H27BrN4O5. The summed E-state index contributed by atoms with van der Waals surface area (Å²) in [4.78, 5) is 36.2. The molecule has 37 heavy (non-hydrogen) atoms. The standard InChI is InChI=1S/C27H27BrN4O5/c1-3-14-36-22-11-6-20(7-12-22)31-26(34)27(35)32-29-16-19-4-9-23(10-5-19)37-17-25(33)30-21-8-13-24(28)18(2)15-21/h4-13,15-16H,3,14,17H2,1-2H3,(H,30,33)(H,31,34)(H,32,35)/b29-16-. The van der Waals surface area contributed by atoms with Crippen LogP contribution < -0.4 is 25.5 Å². The predicted octanol–water partition coefficient (Wildman–Crippen LogP) is 4.65. The Morgan fingerprint density at radius 1 is 0.865 bits per heavy atom. The molecule has 3 aromatic carbocycles. The molecule has 0 fully saturated rings. The summed E-state index contributed by atoms with van der Waals surface area (Å²) in [5, 5.41) is 9.07. The SMILES string of the molecule is CCCOc1ccc(NC(=O)C(=O)N/N=C\c2ccc(OCC(=O)Nc3ccc(Br)c(C)c3)cc2)cc1. The number of aryl methyl sites for hydroxylation is 1. The lowest BCUT2D eigenvalue weighted by Crippen LogP contribution is -2.32. The van der Waals surface area contributed by atoms with E-state index in [0.29, 0.717) is 35.0 Å². The van der Waals surface area contributed by atoms with Crippen LogP contribution in [0.25, 0.3) is 0 Å². The lowest BCUT2D eigenvalue weighted by Gasteiger charge is -2.09. The van der Waals surface area contributed by atoms with Crippen LogP contribution >= 0.6 is 15.9 Å². The maximum Gasteiger partial charge on any atom is 0.329 e. The summed E-state index contributed by atoms with van der Waals surface area (Å²) in [6.45, 7) is 4.40. The van der Waals surface area contributed by atoms with E-state index in [1.165, 1.54) is 6.21 Å². The molecule has 192 valence electrons. The summed E-state index contributed by atoms with van der Waals surface area (Å²) in [5.74, 6) is -0.860. The van der Waals surface area contributed by atoms with Gasteiger partial charge in [-0.05, 0) is 91.2 Å². The molecular weight excluding hydrogens is 540 g/mol. The molecule has 3 rings (SSSR count). The summed E-state index contributed by atoms with van der Waals surface area (Å²) in [6.07, 6.45) is 2.28. The van der Waals surface area contributed by atoms with Gasteiger partial charge in [-0.15, -0.1) is 0 Å². The smallest absolute Gasteiger partial charge is 0.329 e. The normalized spacial score (nSPS) is 10.6. The number of hydrogen-bond acceptors (Lipinski definition) is 6. The average molecular weight is 567 g/mol. The molecule has 0 aliphatic carbocycles. The van der Waals surface area contributed by atoms with E-state index in [1.54, 1.807) is 54.6 Å². The van der Waals surface area contributed by atoms with E-state index in [4.69, 9.17) is 9.47 Å².